The van der Waals surface area contributed by atoms with Crippen LogP contribution in [0.3, 0.4) is 0 Å². The molecule has 6 heteroatoms. The summed E-state index contributed by atoms with van der Waals surface area (Å²) in [7, 11) is 1.85. The second kappa shape index (κ2) is 5.54. The van der Waals surface area contributed by atoms with Crippen molar-refractivity contribution in [1.82, 2.24) is 9.55 Å². The van der Waals surface area contributed by atoms with Gasteiger partial charge in [0.1, 0.15) is 11.0 Å². The SMILES string of the molecule is CSCc1nc(Cl)c(Cl)n1C.[Pt]. The first-order chi connectivity index (χ1) is 5.16. The number of rotatable bonds is 2. The summed E-state index contributed by atoms with van der Waals surface area (Å²) in [6, 6.07) is 0. The maximum Gasteiger partial charge on any atom is 0.166 e. The molecule has 0 unspecified atom stereocenters. The molecule has 0 aliphatic carbocycles. The molecule has 1 rings (SSSR count). The molecule has 0 bridgehead atoms. The minimum absolute atomic E-state index is 0. The molecule has 0 aliphatic rings. The Morgan fingerprint density at radius 2 is 2.08 bits per heavy atom. The fraction of sp³-hybridized carbons (Fsp3) is 0.500. The van der Waals surface area contributed by atoms with Crippen LogP contribution in [0.2, 0.25) is 10.3 Å². The van der Waals surface area contributed by atoms with E-state index in [2.05, 4.69) is 4.98 Å². The van der Waals surface area contributed by atoms with E-state index in [9.17, 15) is 0 Å². The average molecular weight is 406 g/mol. The minimum atomic E-state index is 0. The van der Waals surface area contributed by atoms with E-state index < -0.39 is 0 Å². The van der Waals surface area contributed by atoms with E-state index in [-0.39, 0.29) is 21.1 Å². The van der Waals surface area contributed by atoms with Crippen LogP contribution < -0.4 is 0 Å². The van der Waals surface area contributed by atoms with Crippen LogP contribution in [0.1, 0.15) is 5.82 Å². The van der Waals surface area contributed by atoms with Crippen molar-refractivity contribution in [1.29, 1.82) is 0 Å². The molecule has 0 spiro atoms. The van der Waals surface area contributed by atoms with Crippen molar-refractivity contribution in [3.8, 4) is 0 Å². The Morgan fingerprint density at radius 1 is 1.50 bits per heavy atom. The number of halogens is 2. The molecule has 0 radical (unpaired) electrons. The van der Waals surface area contributed by atoms with Crippen molar-refractivity contribution < 1.29 is 21.1 Å². The molecule has 0 saturated heterocycles. The molecule has 1 aromatic rings. The molecule has 1 aromatic heterocycles. The van der Waals surface area contributed by atoms with Crippen molar-refractivity contribution in [2.75, 3.05) is 6.26 Å². The minimum Gasteiger partial charge on any atom is -0.320 e. The van der Waals surface area contributed by atoms with Crippen LogP contribution in [0.4, 0.5) is 0 Å². The van der Waals surface area contributed by atoms with Crippen molar-refractivity contribution >= 4 is 35.0 Å². The first-order valence-electron chi connectivity index (χ1n) is 3.02. The number of aromatic nitrogens is 2. The van der Waals surface area contributed by atoms with Crippen molar-refractivity contribution in [3.05, 3.63) is 16.1 Å². The van der Waals surface area contributed by atoms with Crippen molar-refractivity contribution in [2.24, 2.45) is 7.05 Å². The number of thioether (sulfide) groups is 1. The number of hydrogen-bond donors (Lipinski definition) is 0. The number of nitrogens with zero attached hydrogens (tertiary/aromatic N) is 2. The van der Waals surface area contributed by atoms with Crippen LogP contribution in [0.5, 0.6) is 0 Å². The maximum absolute atomic E-state index is 5.79. The topological polar surface area (TPSA) is 17.8 Å². The second-order valence-electron chi connectivity index (χ2n) is 2.10. The predicted octanol–water partition coefficient (Wildman–Crippen LogP) is 2.59. The summed E-state index contributed by atoms with van der Waals surface area (Å²) < 4.78 is 1.79. The van der Waals surface area contributed by atoms with Crippen LogP contribution in [0.15, 0.2) is 0 Å². The molecule has 1 heterocycles. The van der Waals surface area contributed by atoms with Crippen LogP contribution in [-0.4, -0.2) is 15.8 Å². The summed E-state index contributed by atoms with van der Waals surface area (Å²) in [5, 5.41) is 0.897. The molecular weight excluding hydrogens is 398 g/mol. The van der Waals surface area contributed by atoms with Crippen molar-refractivity contribution in [2.45, 2.75) is 5.75 Å². The Labute approximate surface area is 100 Å². The van der Waals surface area contributed by atoms with Gasteiger partial charge in [0.25, 0.3) is 0 Å². The third kappa shape index (κ3) is 2.66. The molecule has 0 N–H and O–H groups in total. The van der Waals surface area contributed by atoms with Gasteiger partial charge in [0, 0.05) is 28.1 Å². The molecule has 0 atom stereocenters. The Kier molecular flexibility index (Phi) is 5.92. The molecule has 2 nitrogen and oxygen atoms in total. The summed E-state index contributed by atoms with van der Waals surface area (Å²) in [6.07, 6.45) is 2.01. The van der Waals surface area contributed by atoms with Crippen LogP contribution in [-0.2, 0) is 33.9 Å². The van der Waals surface area contributed by atoms with E-state index in [0.29, 0.717) is 10.3 Å². The predicted molar refractivity (Wildman–Crippen MR) is 50.4 cm³/mol. The Hall–Kier alpha value is 0.828. The molecule has 72 valence electrons. The van der Waals surface area contributed by atoms with Gasteiger partial charge >= 0.3 is 0 Å². The quantitative estimate of drug-likeness (QED) is 0.752. The normalized spacial score (nSPS) is 9.67. The van der Waals surface area contributed by atoms with E-state index in [1.54, 1.807) is 16.3 Å². The fourth-order valence-electron chi connectivity index (χ4n) is 0.744. The largest absolute Gasteiger partial charge is 0.320 e. The number of imidazole rings is 1. The zero-order chi connectivity index (χ0) is 8.43. The summed E-state index contributed by atoms with van der Waals surface area (Å²) in [4.78, 5) is 4.08. The standard InChI is InChI=1S/C6H8Cl2N2S.Pt/c1-10-4(3-11-2)9-5(7)6(10)8;/h3H2,1-2H3;. The molecule has 12 heavy (non-hydrogen) atoms. The van der Waals surface area contributed by atoms with E-state index >= 15 is 0 Å². The van der Waals surface area contributed by atoms with Gasteiger partial charge in [-0.05, 0) is 6.26 Å². The summed E-state index contributed by atoms with van der Waals surface area (Å²) in [5.74, 6) is 1.75. The Bertz CT molecular complexity index is 264. The van der Waals surface area contributed by atoms with Gasteiger partial charge in [0.2, 0.25) is 0 Å². The van der Waals surface area contributed by atoms with Gasteiger partial charge in [-0.15, -0.1) is 0 Å². The monoisotopic (exact) mass is 405 g/mol. The Balaban J connectivity index is 0.00000121. The first-order valence-corrected chi connectivity index (χ1v) is 5.17. The first kappa shape index (κ1) is 12.8. The molecule has 0 saturated carbocycles. The summed E-state index contributed by atoms with van der Waals surface area (Å²) in [5.41, 5.74) is 0. The molecular formula is C6H8Cl2N2PtS. The van der Waals surface area contributed by atoms with Gasteiger partial charge in [-0.1, -0.05) is 23.2 Å². The van der Waals surface area contributed by atoms with E-state index in [1.807, 2.05) is 13.3 Å². The van der Waals surface area contributed by atoms with Crippen LogP contribution in [0.25, 0.3) is 0 Å². The van der Waals surface area contributed by atoms with Crippen LogP contribution >= 0.6 is 35.0 Å². The molecule has 0 fully saturated rings. The van der Waals surface area contributed by atoms with E-state index in [1.165, 1.54) is 0 Å². The summed E-state index contributed by atoms with van der Waals surface area (Å²) >= 11 is 13.2. The summed E-state index contributed by atoms with van der Waals surface area (Å²) in [6.45, 7) is 0. The smallest absolute Gasteiger partial charge is 0.166 e. The van der Waals surface area contributed by atoms with Gasteiger partial charge in [-0.3, -0.25) is 0 Å². The van der Waals surface area contributed by atoms with Gasteiger partial charge in [0.15, 0.2) is 5.15 Å². The van der Waals surface area contributed by atoms with Gasteiger partial charge < -0.3 is 4.57 Å². The average Bonchev–Trinajstić information content (AvgIpc) is 2.19. The third-order valence-corrected chi connectivity index (χ3v) is 2.69. The van der Waals surface area contributed by atoms with Crippen LogP contribution in [0, 0.1) is 0 Å². The maximum atomic E-state index is 5.79. The third-order valence-electron chi connectivity index (χ3n) is 1.35. The number of hydrogen-bond acceptors (Lipinski definition) is 2. The molecule has 0 amide bonds. The van der Waals surface area contributed by atoms with Gasteiger partial charge in [-0.2, -0.15) is 11.8 Å². The van der Waals surface area contributed by atoms with E-state index in [4.69, 9.17) is 23.2 Å². The van der Waals surface area contributed by atoms with E-state index in [0.717, 1.165) is 11.6 Å². The second-order valence-corrected chi connectivity index (χ2v) is 3.68. The Morgan fingerprint density at radius 3 is 2.42 bits per heavy atom. The van der Waals surface area contributed by atoms with Gasteiger partial charge in [-0.25, -0.2) is 4.98 Å². The zero-order valence-electron chi connectivity index (χ0n) is 6.58. The zero-order valence-corrected chi connectivity index (χ0v) is 11.2. The van der Waals surface area contributed by atoms with Gasteiger partial charge in [0.05, 0.1) is 5.75 Å². The fourth-order valence-corrected chi connectivity index (χ4v) is 1.62. The molecule has 0 aliphatic heterocycles. The molecule has 0 aromatic carbocycles. The van der Waals surface area contributed by atoms with Crippen molar-refractivity contribution in [3.63, 3.8) is 0 Å².